The lowest BCUT2D eigenvalue weighted by Crippen LogP contribution is -2.45. The molecule has 0 aliphatic rings. The Morgan fingerprint density at radius 3 is 2.33 bits per heavy atom. The minimum atomic E-state index is -0.649. The maximum Gasteiger partial charge on any atom is 0.252 e. The van der Waals surface area contributed by atoms with Crippen LogP contribution in [0.15, 0.2) is 12.1 Å². The molecule has 0 aliphatic heterocycles. The van der Waals surface area contributed by atoms with Crippen LogP contribution in [0.5, 0.6) is 5.75 Å². The van der Waals surface area contributed by atoms with Crippen LogP contribution in [0.4, 0.5) is 0 Å². The molecule has 0 aromatic heterocycles. The SMILES string of the molecule is CCCNC(=O)[C@H](C)NC(=O)c1cc(Cl)c(OC)c(Cl)c1. The van der Waals surface area contributed by atoms with Gasteiger partial charge in [0.2, 0.25) is 5.91 Å². The lowest BCUT2D eigenvalue weighted by Gasteiger charge is -2.14. The second kappa shape index (κ2) is 8.10. The minimum absolute atomic E-state index is 0.234. The summed E-state index contributed by atoms with van der Waals surface area (Å²) in [6, 6.07) is 2.24. The van der Waals surface area contributed by atoms with Crippen LogP contribution in [0.1, 0.15) is 30.6 Å². The molecular weight excluding hydrogens is 315 g/mol. The van der Waals surface area contributed by atoms with E-state index in [0.717, 1.165) is 6.42 Å². The summed E-state index contributed by atoms with van der Waals surface area (Å²) in [5.74, 6) is -0.361. The fourth-order valence-corrected chi connectivity index (χ4v) is 2.27. The van der Waals surface area contributed by atoms with Crippen molar-refractivity contribution in [2.75, 3.05) is 13.7 Å². The maximum absolute atomic E-state index is 12.1. The van der Waals surface area contributed by atoms with Gasteiger partial charge in [0.05, 0.1) is 17.2 Å². The molecule has 1 aromatic carbocycles. The first kappa shape index (κ1) is 17.6. The van der Waals surface area contributed by atoms with E-state index in [9.17, 15) is 9.59 Å². The Morgan fingerprint density at radius 2 is 1.86 bits per heavy atom. The predicted octanol–water partition coefficient (Wildman–Crippen LogP) is 2.65. The maximum atomic E-state index is 12.1. The van der Waals surface area contributed by atoms with Crippen LogP contribution < -0.4 is 15.4 Å². The number of methoxy groups -OCH3 is 1. The fourth-order valence-electron chi connectivity index (χ4n) is 1.63. The van der Waals surface area contributed by atoms with Crippen LogP contribution in [-0.4, -0.2) is 31.5 Å². The number of nitrogens with one attached hydrogen (secondary N) is 2. The number of halogens is 2. The van der Waals surface area contributed by atoms with Gasteiger partial charge in [-0.25, -0.2) is 0 Å². The summed E-state index contributed by atoms with van der Waals surface area (Å²) >= 11 is 12.0. The topological polar surface area (TPSA) is 67.4 Å². The molecule has 0 spiro atoms. The van der Waals surface area contributed by atoms with Gasteiger partial charge in [-0.2, -0.15) is 0 Å². The zero-order chi connectivity index (χ0) is 16.0. The number of carbonyl (C=O) groups is 2. The van der Waals surface area contributed by atoms with Crippen molar-refractivity contribution < 1.29 is 14.3 Å². The molecule has 1 aromatic rings. The van der Waals surface area contributed by atoms with Gasteiger partial charge in [-0.3, -0.25) is 9.59 Å². The summed E-state index contributed by atoms with van der Waals surface area (Å²) < 4.78 is 5.01. The number of carbonyl (C=O) groups excluding carboxylic acids is 2. The predicted molar refractivity (Wildman–Crippen MR) is 83.2 cm³/mol. The monoisotopic (exact) mass is 332 g/mol. The van der Waals surface area contributed by atoms with Crippen molar-refractivity contribution in [3.05, 3.63) is 27.7 Å². The first-order valence-electron chi connectivity index (χ1n) is 6.52. The van der Waals surface area contributed by atoms with Crippen molar-refractivity contribution >= 4 is 35.0 Å². The molecule has 0 heterocycles. The van der Waals surface area contributed by atoms with Gasteiger partial charge in [-0.05, 0) is 25.5 Å². The van der Waals surface area contributed by atoms with Gasteiger partial charge in [-0.1, -0.05) is 30.1 Å². The normalized spacial score (nSPS) is 11.7. The highest BCUT2D eigenvalue weighted by Gasteiger charge is 2.18. The molecule has 0 aliphatic carbocycles. The molecule has 116 valence electrons. The molecule has 2 amide bonds. The molecule has 0 saturated carbocycles. The van der Waals surface area contributed by atoms with Gasteiger partial charge in [0.1, 0.15) is 6.04 Å². The first-order chi connectivity index (χ1) is 9.90. The summed E-state index contributed by atoms with van der Waals surface area (Å²) in [5.41, 5.74) is 0.265. The molecule has 5 nitrogen and oxygen atoms in total. The Balaban J connectivity index is 2.78. The Hall–Kier alpha value is -1.46. The molecule has 1 rings (SSSR count). The molecule has 2 N–H and O–H groups in total. The van der Waals surface area contributed by atoms with Crippen LogP contribution in [-0.2, 0) is 4.79 Å². The smallest absolute Gasteiger partial charge is 0.252 e. The Kier molecular flexibility index (Phi) is 6.78. The number of rotatable bonds is 6. The van der Waals surface area contributed by atoms with Crippen LogP contribution in [0, 0.1) is 0 Å². The summed E-state index contributed by atoms with van der Waals surface area (Å²) in [7, 11) is 1.44. The quantitative estimate of drug-likeness (QED) is 0.841. The van der Waals surface area contributed by atoms with E-state index in [4.69, 9.17) is 27.9 Å². The first-order valence-corrected chi connectivity index (χ1v) is 7.27. The van der Waals surface area contributed by atoms with Crippen molar-refractivity contribution in [1.82, 2.24) is 10.6 Å². The molecule has 0 unspecified atom stereocenters. The van der Waals surface area contributed by atoms with Crippen LogP contribution in [0.25, 0.3) is 0 Å². The Bertz CT molecular complexity index is 512. The van der Waals surface area contributed by atoms with Gasteiger partial charge >= 0.3 is 0 Å². The van der Waals surface area contributed by atoms with Gasteiger partial charge < -0.3 is 15.4 Å². The van der Waals surface area contributed by atoms with Crippen LogP contribution in [0.3, 0.4) is 0 Å². The summed E-state index contributed by atoms with van der Waals surface area (Å²) in [5, 5.41) is 5.76. The fraction of sp³-hybridized carbons (Fsp3) is 0.429. The van der Waals surface area contributed by atoms with E-state index in [1.54, 1.807) is 6.92 Å². The molecule has 0 radical (unpaired) electrons. The average molecular weight is 333 g/mol. The molecule has 7 heteroatoms. The zero-order valence-corrected chi connectivity index (χ0v) is 13.6. The standard InChI is InChI=1S/C14H18Cl2N2O3/c1-4-5-17-13(19)8(2)18-14(20)9-6-10(15)12(21-3)11(16)7-9/h6-8H,4-5H2,1-3H3,(H,17,19)(H,18,20)/t8-/m0/s1. The molecule has 0 bridgehead atoms. The van der Waals surface area contributed by atoms with Crippen molar-refractivity contribution in [2.24, 2.45) is 0 Å². The van der Waals surface area contributed by atoms with E-state index in [-0.39, 0.29) is 21.5 Å². The molecular formula is C14H18Cl2N2O3. The molecule has 1 atom stereocenters. The van der Waals surface area contributed by atoms with Gasteiger partial charge in [0, 0.05) is 12.1 Å². The highest BCUT2D eigenvalue weighted by Crippen LogP contribution is 2.33. The number of benzene rings is 1. The third-order valence-corrected chi connectivity index (χ3v) is 3.32. The third kappa shape index (κ3) is 4.79. The van der Waals surface area contributed by atoms with E-state index in [2.05, 4.69) is 10.6 Å². The largest absolute Gasteiger partial charge is 0.494 e. The highest BCUT2D eigenvalue weighted by atomic mass is 35.5. The Labute approximate surface area is 133 Å². The molecule has 0 saturated heterocycles. The van der Waals surface area contributed by atoms with Crippen molar-refractivity contribution in [1.29, 1.82) is 0 Å². The lowest BCUT2D eigenvalue weighted by atomic mass is 10.2. The van der Waals surface area contributed by atoms with Gasteiger partial charge in [-0.15, -0.1) is 0 Å². The number of hydrogen-bond donors (Lipinski definition) is 2. The van der Waals surface area contributed by atoms with Gasteiger partial charge in [0.15, 0.2) is 5.75 Å². The van der Waals surface area contributed by atoms with Gasteiger partial charge in [0.25, 0.3) is 5.91 Å². The lowest BCUT2D eigenvalue weighted by molar-refractivity contribution is -0.122. The highest BCUT2D eigenvalue weighted by molar-refractivity contribution is 6.37. The van der Waals surface area contributed by atoms with E-state index in [1.807, 2.05) is 6.92 Å². The van der Waals surface area contributed by atoms with Crippen molar-refractivity contribution in [3.63, 3.8) is 0 Å². The number of ether oxygens (including phenoxy) is 1. The second-order valence-electron chi connectivity index (χ2n) is 4.46. The van der Waals surface area contributed by atoms with E-state index >= 15 is 0 Å². The van der Waals surface area contributed by atoms with E-state index in [1.165, 1.54) is 19.2 Å². The van der Waals surface area contributed by atoms with E-state index < -0.39 is 11.9 Å². The number of hydrogen-bond acceptors (Lipinski definition) is 3. The third-order valence-electron chi connectivity index (χ3n) is 2.75. The summed E-state index contributed by atoms with van der Waals surface area (Å²) in [4.78, 5) is 23.8. The average Bonchev–Trinajstić information content (AvgIpc) is 2.44. The van der Waals surface area contributed by atoms with Crippen LogP contribution in [0.2, 0.25) is 10.0 Å². The Morgan fingerprint density at radius 1 is 1.29 bits per heavy atom. The number of amides is 2. The van der Waals surface area contributed by atoms with Crippen LogP contribution >= 0.6 is 23.2 Å². The zero-order valence-electron chi connectivity index (χ0n) is 12.1. The van der Waals surface area contributed by atoms with E-state index in [0.29, 0.717) is 12.3 Å². The second-order valence-corrected chi connectivity index (χ2v) is 5.27. The van der Waals surface area contributed by atoms with Crippen molar-refractivity contribution in [3.8, 4) is 5.75 Å². The molecule has 21 heavy (non-hydrogen) atoms. The summed E-state index contributed by atoms with van der Waals surface area (Å²) in [6.45, 7) is 4.12. The van der Waals surface area contributed by atoms with Crippen molar-refractivity contribution in [2.45, 2.75) is 26.3 Å². The minimum Gasteiger partial charge on any atom is -0.494 e. The summed E-state index contributed by atoms with van der Waals surface area (Å²) in [6.07, 6.45) is 0.829. The molecule has 0 fully saturated rings.